The smallest absolute Gasteiger partial charge is 0.164 e. The number of aromatic nitrogens is 5. The highest BCUT2D eigenvalue weighted by molar-refractivity contribution is 5.86. The number of para-hydroxylation sites is 1. The third-order valence-corrected chi connectivity index (χ3v) is 10.3. The first-order valence-electron chi connectivity index (χ1n) is 19.3. The Labute approximate surface area is 337 Å². The number of anilines is 3. The van der Waals surface area contributed by atoms with Crippen molar-refractivity contribution in [3.8, 4) is 67.8 Å². The average Bonchev–Trinajstić information content (AvgIpc) is 3.71. The molecule has 0 unspecified atom stereocenters. The van der Waals surface area contributed by atoms with Gasteiger partial charge in [-0.15, -0.1) is 0 Å². The largest absolute Gasteiger partial charge is 0.310 e. The first-order valence-corrected chi connectivity index (χ1v) is 19.3. The number of imidazole rings is 1. The summed E-state index contributed by atoms with van der Waals surface area (Å²) < 4.78 is 2.17. The van der Waals surface area contributed by atoms with Crippen LogP contribution in [0.1, 0.15) is 0 Å². The molecule has 0 bridgehead atoms. The number of nitrogens with zero attached hydrogens (tertiary/aromatic N) is 6. The molecule has 7 aromatic carbocycles. The van der Waals surface area contributed by atoms with E-state index in [1.54, 1.807) is 0 Å². The molecule has 6 nitrogen and oxygen atoms in total. The van der Waals surface area contributed by atoms with Gasteiger partial charge in [0.05, 0.1) is 11.4 Å². The maximum absolute atomic E-state index is 5.15. The molecular weight excluding hydrogens is 709 g/mol. The van der Waals surface area contributed by atoms with Crippen LogP contribution in [-0.4, -0.2) is 24.3 Å². The van der Waals surface area contributed by atoms with Gasteiger partial charge in [0.15, 0.2) is 17.5 Å². The van der Waals surface area contributed by atoms with Crippen LogP contribution in [0.3, 0.4) is 0 Å². The number of hydrogen-bond acceptors (Lipinski definition) is 5. The normalized spacial score (nSPS) is 11.1. The molecule has 0 saturated heterocycles. The fraction of sp³-hybridized carbons (Fsp3) is 0. The Morgan fingerprint density at radius 2 is 0.741 bits per heavy atom. The van der Waals surface area contributed by atoms with Crippen molar-refractivity contribution in [3.05, 3.63) is 219 Å². The average molecular weight is 745 g/mol. The van der Waals surface area contributed by atoms with Gasteiger partial charge in [-0.2, -0.15) is 0 Å². The summed E-state index contributed by atoms with van der Waals surface area (Å²) in [6, 6.07) is 73.1. The maximum Gasteiger partial charge on any atom is 0.164 e. The molecule has 0 atom stereocenters. The van der Waals surface area contributed by atoms with E-state index in [-0.39, 0.29) is 0 Å². The first kappa shape index (κ1) is 34.5. The fourth-order valence-electron chi connectivity index (χ4n) is 7.44. The van der Waals surface area contributed by atoms with Crippen LogP contribution in [-0.2, 0) is 0 Å². The van der Waals surface area contributed by atoms with E-state index < -0.39 is 0 Å². The van der Waals surface area contributed by atoms with Crippen LogP contribution in [0.5, 0.6) is 0 Å². The molecule has 58 heavy (non-hydrogen) atoms. The minimum atomic E-state index is 0.634. The SMILES string of the molecule is c1ccc(-c2nc(-c3ccccc3)nc(-c3ccc(-c4ccc(N(c5ccccc5)c5cccc(-c6nc7ccccn7c6-c6ccccc6)c5)cc4)cc3)n2)cc1. The number of fused-ring (bicyclic) bond motifs is 1. The molecule has 0 spiro atoms. The highest BCUT2D eigenvalue weighted by Crippen LogP contribution is 2.39. The lowest BCUT2D eigenvalue weighted by atomic mass is 10.0. The standard InChI is InChI=1S/C52H36N6/c1-5-16-39(17-6-1)49-48(53-47-26-13-14-35-57(47)49)43-22-15-25-46(36-43)58(44-23-11-4-12-24-44)45-33-31-38(32-34-45)37-27-29-42(30-28-37)52-55-50(40-18-7-2-8-19-40)54-51(56-52)41-20-9-3-10-21-41/h1-36H. The Morgan fingerprint density at radius 1 is 0.310 bits per heavy atom. The van der Waals surface area contributed by atoms with Crippen molar-refractivity contribution in [1.82, 2.24) is 24.3 Å². The molecule has 6 heteroatoms. The summed E-state index contributed by atoms with van der Waals surface area (Å²) in [5.41, 5.74) is 13.3. The first-order chi connectivity index (χ1) is 28.7. The zero-order valence-corrected chi connectivity index (χ0v) is 31.5. The van der Waals surface area contributed by atoms with Gasteiger partial charge in [0.1, 0.15) is 5.65 Å². The van der Waals surface area contributed by atoms with Crippen molar-refractivity contribution in [1.29, 1.82) is 0 Å². The molecular formula is C52H36N6. The van der Waals surface area contributed by atoms with Gasteiger partial charge in [0.25, 0.3) is 0 Å². The molecule has 274 valence electrons. The lowest BCUT2D eigenvalue weighted by Crippen LogP contribution is -2.09. The van der Waals surface area contributed by atoms with E-state index >= 15 is 0 Å². The number of rotatable bonds is 9. The van der Waals surface area contributed by atoms with E-state index in [0.29, 0.717) is 17.5 Å². The van der Waals surface area contributed by atoms with Crippen molar-refractivity contribution in [3.63, 3.8) is 0 Å². The highest BCUT2D eigenvalue weighted by atomic mass is 15.1. The minimum absolute atomic E-state index is 0.634. The number of benzene rings is 7. The van der Waals surface area contributed by atoms with E-state index in [9.17, 15) is 0 Å². The van der Waals surface area contributed by atoms with Gasteiger partial charge in [0.2, 0.25) is 0 Å². The van der Waals surface area contributed by atoms with E-state index in [4.69, 9.17) is 19.9 Å². The summed E-state index contributed by atoms with van der Waals surface area (Å²) in [6.45, 7) is 0. The van der Waals surface area contributed by atoms with Crippen molar-refractivity contribution >= 4 is 22.7 Å². The summed E-state index contributed by atoms with van der Waals surface area (Å²) in [6.07, 6.45) is 2.08. The van der Waals surface area contributed by atoms with Crippen LogP contribution >= 0.6 is 0 Å². The summed E-state index contributed by atoms with van der Waals surface area (Å²) in [7, 11) is 0. The molecule has 0 aliphatic carbocycles. The molecule has 0 fully saturated rings. The maximum atomic E-state index is 5.15. The van der Waals surface area contributed by atoms with Crippen LogP contribution in [0.25, 0.3) is 73.5 Å². The van der Waals surface area contributed by atoms with Gasteiger partial charge in [-0.25, -0.2) is 19.9 Å². The summed E-state index contributed by atoms with van der Waals surface area (Å²) in [4.78, 5) is 22.1. The van der Waals surface area contributed by atoms with E-state index in [0.717, 1.165) is 73.0 Å². The molecule has 10 aromatic rings. The predicted molar refractivity (Wildman–Crippen MR) is 236 cm³/mol. The molecule has 0 aliphatic rings. The Kier molecular flexibility index (Phi) is 9.10. The number of hydrogen-bond donors (Lipinski definition) is 0. The molecule has 10 rings (SSSR count). The summed E-state index contributed by atoms with van der Waals surface area (Å²) >= 11 is 0. The van der Waals surface area contributed by atoms with Gasteiger partial charge in [0, 0.05) is 51.1 Å². The zero-order chi connectivity index (χ0) is 38.7. The van der Waals surface area contributed by atoms with E-state index in [1.165, 1.54) is 0 Å². The molecule has 3 aromatic heterocycles. The second-order valence-electron chi connectivity index (χ2n) is 14.0. The van der Waals surface area contributed by atoms with Crippen LogP contribution in [0.15, 0.2) is 219 Å². The van der Waals surface area contributed by atoms with Crippen molar-refractivity contribution < 1.29 is 0 Å². The van der Waals surface area contributed by atoms with Crippen molar-refractivity contribution in [2.45, 2.75) is 0 Å². The Balaban J connectivity index is 0.987. The quantitative estimate of drug-likeness (QED) is 0.147. The van der Waals surface area contributed by atoms with Crippen LogP contribution in [0.4, 0.5) is 17.1 Å². The van der Waals surface area contributed by atoms with Crippen LogP contribution in [0.2, 0.25) is 0 Å². The minimum Gasteiger partial charge on any atom is -0.310 e. The van der Waals surface area contributed by atoms with Crippen molar-refractivity contribution in [2.75, 3.05) is 4.90 Å². The van der Waals surface area contributed by atoms with Crippen LogP contribution in [0, 0.1) is 0 Å². The predicted octanol–water partition coefficient (Wildman–Crippen LogP) is 13.0. The molecule has 0 N–H and O–H groups in total. The van der Waals surface area contributed by atoms with E-state index in [2.05, 4.69) is 155 Å². The Hall–Kier alpha value is -7.96. The molecule has 0 aliphatic heterocycles. The monoisotopic (exact) mass is 744 g/mol. The fourth-order valence-corrected chi connectivity index (χ4v) is 7.44. The third-order valence-electron chi connectivity index (χ3n) is 10.3. The van der Waals surface area contributed by atoms with Gasteiger partial charge in [-0.1, -0.05) is 164 Å². The van der Waals surface area contributed by atoms with E-state index in [1.807, 2.05) is 72.8 Å². The Morgan fingerprint density at radius 3 is 1.33 bits per heavy atom. The second-order valence-corrected chi connectivity index (χ2v) is 14.0. The Bertz CT molecular complexity index is 2910. The van der Waals surface area contributed by atoms with Gasteiger partial charge in [-0.05, 0) is 59.7 Å². The van der Waals surface area contributed by atoms with Crippen molar-refractivity contribution in [2.24, 2.45) is 0 Å². The number of pyridine rings is 1. The second kappa shape index (κ2) is 15.3. The molecule has 3 heterocycles. The molecule has 0 radical (unpaired) electrons. The lowest BCUT2D eigenvalue weighted by Gasteiger charge is -2.26. The lowest BCUT2D eigenvalue weighted by molar-refractivity contribution is 1.07. The third kappa shape index (κ3) is 6.80. The highest BCUT2D eigenvalue weighted by Gasteiger charge is 2.19. The summed E-state index contributed by atoms with van der Waals surface area (Å²) in [5.74, 6) is 1.93. The molecule has 0 amide bonds. The van der Waals surface area contributed by atoms with Gasteiger partial charge >= 0.3 is 0 Å². The topological polar surface area (TPSA) is 59.2 Å². The molecule has 0 saturated carbocycles. The van der Waals surface area contributed by atoms with Crippen LogP contribution < -0.4 is 4.90 Å². The zero-order valence-electron chi connectivity index (χ0n) is 31.5. The summed E-state index contributed by atoms with van der Waals surface area (Å²) in [5, 5.41) is 0. The van der Waals surface area contributed by atoms with Gasteiger partial charge in [-0.3, -0.25) is 4.40 Å². The van der Waals surface area contributed by atoms with Gasteiger partial charge < -0.3 is 4.90 Å².